The molecule has 1 aliphatic rings. The Kier molecular flexibility index (Phi) is 10.1. The Morgan fingerprint density at radius 1 is 0.844 bits per heavy atom. The van der Waals surface area contributed by atoms with Crippen molar-refractivity contribution in [3.63, 3.8) is 0 Å². The highest BCUT2D eigenvalue weighted by atomic mass is 16.7. The van der Waals surface area contributed by atoms with Gasteiger partial charge in [-0.15, -0.1) is 0 Å². The van der Waals surface area contributed by atoms with Gasteiger partial charge in [-0.25, -0.2) is 0 Å². The summed E-state index contributed by atoms with van der Waals surface area (Å²) in [5.74, 6) is 2.88. The maximum absolute atomic E-state index is 6.07. The van der Waals surface area contributed by atoms with E-state index >= 15 is 0 Å². The Bertz CT molecular complexity index is 748. The van der Waals surface area contributed by atoms with Gasteiger partial charge in [0.25, 0.3) is 0 Å². The van der Waals surface area contributed by atoms with Crippen molar-refractivity contribution in [2.24, 2.45) is 5.92 Å². The van der Waals surface area contributed by atoms with Crippen LogP contribution >= 0.6 is 0 Å². The fourth-order valence-corrected chi connectivity index (χ4v) is 4.87. The molecule has 32 heavy (non-hydrogen) atoms. The van der Waals surface area contributed by atoms with Crippen LogP contribution < -0.4 is 4.74 Å². The van der Waals surface area contributed by atoms with Crippen LogP contribution in [0.25, 0.3) is 0 Å². The minimum Gasteiger partial charge on any atom is -0.465 e. The lowest BCUT2D eigenvalue weighted by molar-refractivity contribution is -0.0944. The molecule has 0 heterocycles. The van der Waals surface area contributed by atoms with Gasteiger partial charge in [0.1, 0.15) is 5.75 Å². The molecule has 0 bridgehead atoms. The minimum absolute atomic E-state index is 0.282. The lowest BCUT2D eigenvalue weighted by atomic mass is 9.83. The molecule has 176 valence electrons. The van der Waals surface area contributed by atoms with E-state index in [1.54, 1.807) is 0 Å². The molecule has 0 aromatic heterocycles. The first kappa shape index (κ1) is 24.8. The Labute approximate surface area is 195 Å². The van der Waals surface area contributed by atoms with E-state index < -0.39 is 0 Å². The van der Waals surface area contributed by atoms with Gasteiger partial charge in [-0.2, -0.15) is 0 Å². The predicted octanol–water partition coefficient (Wildman–Crippen LogP) is 7.71. The summed E-state index contributed by atoms with van der Waals surface area (Å²) in [6, 6.07) is 19.4. The second-order valence-electron chi connectivity index (χ2n) is 9.62. The summed E-state index contributed by atoms with van der Waals surface area (Å²) >= 11 is 0. The molecule has 3 heteroatoms. The summed E-state index contributed by atoms with van der Waals surface area (Å²) < 4.78 is 17.8. The lowest BCUT2D eigenvalue weighted by Crippen LogP contribution is -2.24. The van der Waals surface area contributed by atoms with Crippen molar-refractivity contribution in [2.45, 2.75) is 90.4 Å². The Morgan fingerprint density at radius 2 is 1.53 bits per heavy atom. The molecule has 0 spiro atoms. The summed E-state index contributed by atoms with van der Waals surface area (Å²) in [6.45, 7) is 9.99. The molecule has 3 nitrogen and oxygen atoms in total. The van der Waals surface area contributed by atoms with Gasteiger partial charge in [-0.1, -0.05) is 63.2 Å². The predicted molar refractivity (Wildman–Crippen MR) is 132 cm³/mol. The fourth-order valence-electron chi connectivity index (χ4n) is 4.87. The van der Waals surface area contributed by atoms with E-state index in [2.05, 4.69) is 75.4 Å². The quantitative estimate of drug-likeness (QED) is 0.251. The largest absolute Gasteiger partial charge is 0.465 e. The van der Waals surface area contributed by atoms with Crippen molar-refractivity contribution in [3.8, 4) is 5.75 Å². The standard InChI is InChI=1S/C29H42O3/c1-5-24(21-22(2)3)26-13-17-29(18-14-26)32-23(4)30-19-20-31-28-15-11-27(12-16-28)25-9-7-6-8-10-25/h6-10,13-14,17-18,22-24,27-28H,5,11-12,15-16,19-21H2,1-4H3. The van der Waals surface area contributed by atoms with Gasteiger partial charge in [-0.3, -0.25) is 0 Å². The molecule has 2 atom stereocenters. The third-order valence-corrected chi connectivity index (χ3v) is 6.64. The molecular formula is C29H42O3. The number of rotatable bonds is 12. The van der Waals surface area contributed by atoms with Gasteiger partial charge in [-0.05, 0) is 86.5 Å². The van der Waals surface area contributed by atoms with Gasteiger partial charge in [0.05, 0.1) is 19.3 Å². The maximum Gasteiger partial charge on any atom is 0.197 e. The second-order valence-corrected chi connectivity index (χ2v) is 9.62. The van der Waals surface area contributed by atoms with Crippen molar-refractivity contribution in [1.82, 2.24) is 0 Å². The number of hydrogen-bond acceptors (Lipinski definition) is 3. The van der Waals surface area contributed by atoms with Crippen molar-refractivity contribution in [2.75, 3.05) is 13.2 Å². The summed E-state index contributed by atoms with van der Waals surface area (Å²) in [6.07, 6.45) is 7.16. The highest BCUT2D eigenvalue weighted by Crippen LogP contribution is 2.34. The van der Waals surface area contributed by atoms with Crippen molar-refractivity contribution >= 4 is 0 Å². The van der Waals surface area contributed by atoms with Crippen molar-refractivity contribution in [1.29, 1.82) is 0 Å². The van der Waals surface area contributed by atoms with Gasteiger partial charge >= 0.3 is 0 Å². The van der Waals surface area contributed by atoms with Gasteiger partial charge in [0.2, 0.25) is 0 Å². The van der Waals surface area contributed by atoms with E-state index in [0.717, 1.165) is 18.6 Å². The van der Waals surface area contributed by atoms with Gasteiger partial charge < -0.3 is 14.2 Å². The molecule has 2 aromatic rings. The molecule has 3 rings (SSSR count). The minimum atomic E-state index is -0.282. The first-order valence-corrected chi connectivity index (χ1v) is 12.6. The third-order valence-electron chi connectivity index (χ3n) is 6.64. The van der Waals surface area contributed by atoms with Crippen LogP contribution in [0.4, 0.5) is 0 Å². The Balaban J connectivity index is 1.31. The molecule has 0 radical (unpaired) electrons. The average Bonchev–Trinajstić information content (AvgIpc) is 2.82. The van der Waals surface area contributed by atoms with Crippen LogP contribution in [0, 0.1) is 5.92 Å². The SMILES string of the molecule is CCC(CC(C)C)c1ccc(OC(C)OCCOC2CCC(c3ccccc3)CC2)cc1. The van der Waals surface area contributed by atoms with Gasteiger partial charge in [0, 0.05) is 0 Å². The molecular weight excluding hydrogens is 396 g/mol. The smallest absolute Gasteiger partial charge is 0.197 e. The topological polar surface area (TPSA) is 27.7 Å². The number of benzene rings is 2. The van der Waals surface area contributed by atoms with E-state index in [-0.39, 0.29) is 6.29 Å². The van der Waals surface area contributed by atoms with Crippen LogP contribution in [0.1, 0.15) is 89.2 Å². The maximum atomic E-state index is 6.07. The van der Waals surface area contributed by atoms with Crippen LogP contribution in [-0.4, -0.2) is 25.6 Å². The molecule has 2 aromatic carbocycles. The number of hydrogen-bond donors (Lipinski definition) is 0. The molecule has 0 amide bonds. The number of ether oxygens (including phenoxy) is 3. The van der Waals surface area contributed by atoms with E-state index in [0.29, 0.717) is 37.1 Å². The van der Waals surface area contributed by atoms with Crippen molar-refractivity contribution in [3.05, 3.63) is 65.7 Å². The highest BCUT2D eigenvalue weighted by Gasteiger charge is 2.22. The molecule has 0 saturated heterocycles. The molecule has 1 fully saturated rings. The summed E-state index contributed by atoms with van der Waals surface area (Å²) in [5.41, 5.74) is 2.87. The molecule has 0 N–H and O–H groups in total. The average molecular weight is 439 g/mol. The fraction of sp³-hybridized carbons (Fsp3) is 0.586. The molecule has 1 saturated carbocycles. The third kappa shape index (κ3) is 7.94. The molecule has 1 aliphatic carbocycles. The zero-order chi connectivity index (χ0) is 22.8. The monoisotopic (exact) mass is 438 g/mol. The van der Waals surface area contributed by atoms with E-state index in [1.807, 2.05) is 6.92 Å². The van der Waals surface area contributed by atoms with E-state index in [9.17, 15) is 0 Å². The van der Waals surface area contributed by atoms with Gasteiger partial charge in [0.15, 0.2) is 6.29 Å². The zero-order valence-corrected chi connectivity index (χ0v) is 20.5. The van der Waals surface area contributed by atoms with E-state index in [1.165, 1.54) is 36.8 Å². The summed E-state index contributed by atoms with van der Waals surface area (Å²) in [7, 11) is 0. The van der Waals surface area contributed by atoms with Crippen molar-refractivity contribution < 1.29 is 14.2 Å². The zero-order valence-electron chi connectivity index (χ0n) is 20.5. The molecule has 0 aliphatic heterocycles. The lowest BCUT2D eigenvalue weighted by Gasteiger charge is -2.29. The van der Waals surface area contributed by atoms with E-state index in [4.69, 9.17) is 14.2 Å². The first-order chi connectivity index (χ1) is 15.5. The van der Waals surface area contributed by atoms with Crippen LogP contribution in [0.2, 0.25) is 0 Å². The normalized spacial score (nSPS) is 20.8. The van der Waals surface area contributed by atoms with Crippen LogP contribution in [0.5, 0.6) is 5.75 Å². The van der Waals surface area contributed by atoms with Crippen LogP contribution in [0.15, 0.2) is 54.6 Å². The second kappa shape index (κ2) is 13.0. The Morgan fingerprint density at radius 3 is 2.16 bits per heavy atom. The van der Waals surface area contributed by atoms with Crippen LogP contribution in [-0.2, 0) is 9.47 Å². The van der Waals surface area contributed by atoms with Crippen LogP contribution in [0.3, 0.4) is 0 Å². The Hall–Kier alpha value is -1.84. The molecule has 2 unspecified atom stereocenters. The first-order valence-electron chi connectivity index (χ1n) is 12.6. The highest BCUT2D eigenvalue weighted by molar-refractivity contribution is 5.29. The summed E-state index contributed by atoms with van der Waals surface area (Å²) in [4.78, 5) is 0. The summed E-state index contributed by atoms with van der Waals surface area (Å²) in [5, 5.41) is 0.